The highest BCUT2D eigenvalue weighted by molar-refractivity contribution is 4.98. The van der Waals surface area contributed by atoms with Gasteiger partial charge in [0.15, 0.2) is 0 Å². The minimum Gasteiger partial charge on any atom is -0.396 e. The first kappa shape index (κ1) is 14.5. The van der Waals surface area contributed by atoms with Gasteiger partial charge < -0.3 is 14.6 Å². The van der Waals surface area contributed by atoms with Gasteiger partial charge in [0.1, 0.15) is 0 Å². The molecule has 1 N–H and O–H groups in total. The molecule has 1 aliphatic heterocycles. The molecule has 1 aromatic rings. The number of likely N-dealkylation sites (tertiary alicyclic amines) is 1. The highest BCUT2D eigenvalue weighted by atomic mass is 16.3. The third-order valence-corrected chi connectivity index (χ3v) is 4.21. The predicted octanol–water partition coefficient (Wildman–Crippen LogP) is 0.556. The molecule has 2 heterocycles. The lowest BCUT2D eigenvalue weighted by molar-refractivity contribution is 0.0213. The van der Waals surface area contributed by atoms with Crippen LogP contribution in [0.3, 0.4) is 0 Å². The highest BCUT2D eigenvalue weighted by Crippen LogP contribution is 2.32. The maximum Gasteiger partial charge on any atom is 0.0945 e. The Morgan fingerprint density at radius 2 is 2.05 bits per heavy atom. The van der Waals surface area contributed by atoms with Gasteiger partial charge in [-0.1, -0.05) is 0 Å². The van der Waals surface area contributed by atoms with E-state index in [1.807, 2.05) is 19.6 Å². The van der Waals surface area contributed by atoms with Crippen molar-refractivity contribution in [3.8, 4) is 0 Å². The van der Waals surface area contributed by atoms with E-state index in [4.69, 9.17) is 0 Å². The third kappa shape index (κ3) is 3.55. The molecule has 1 aliphatic rings. The van der Waals surface area contributed by atoms with E-state index in [1.165, 1.54) is 5.69 Å². The largest absolute Gasteiger partial charge is 0.396 e. The van der Waals surface area contributed by atoms with Crippen molar-refractivity contribution in [2.45, 2.75) is 19.4 Å². The van der Waals surface area contributed by atoms with Crippen LogP contribution in [0.4, 0.5) is 0 Å². The van der Waals surface area contributed by atoms with Crippen molar-refractivity contribution in [3.05, 3.63) is 18.2 Å². The van der Waals surface area contributed by atoms with E-state index in [0.717, 1.165) is 39.0 Å². The molecule has 108 valence electrons. The van der Waals surface area contributed by atoms with E-state index >= 15 is 0 Å². The summed E-state index contributed by atoms with van der Waals surface area (Å²) < 4.78 is 2.08. The van der Waals surface area contributed by atoms with Crippen LogP contribution in [0.5, 0.6) is 0 Å². The van der Waals surface area contributed by atoms with E-state index in [2.05, 4.69) is 33.4 Å². The Morgan fingerprint density at radius 3 is 2.53 bits per heavy atom. The Hall–Kier alpha value is -0.910. The molecule has 2 rings (SSSR count). The molecule has 1 fully saturated rings. The number of rotatable bonds is 5. The van der Waals surface area contributed by atoms with Crippen molar-refractivity contribution in [1.82, 2.24) is 19.4 Å². The van der Waals surface area contributed by atoms with Crippen molar-refractivity contribution in [3.63, 3.8) is 0 Å². The van der Waals surface area contributed by atoms with Gasteiger partial charge in [-0.3, -0.25) is 4.90 Å². The van der Waals surface area contributed by atoms with Crippen molar-refractivity contribution < 1.29 is 5.11 Å². The number of piperidine rings is 1. The lowest BCUT2D eigenvalue weighted by atomic mass is 9.78. The van der Waals surface area contributed by atoms with Gasteiger partial charge in [-0.15, -0.1) is 0 Å². The lowest BCUT2D eigenvalue weighted by Crippen LogP contribution is -2.46. The molecular formula is C14H26N4O. The van der Waals surface area contributed by atoms with Gasteiger partial charge in [-0.05, 0) is 40.0 Å². The first-order valence-electron chi connectivity index (χ1n) is 6.98. The van der Waals surface area contributed by atoms with E-state index in [-0.39, 0.29) is 5.41 Å². The van der Waals surface area contributed by atoms with Gasteiger partial charge >= 0.3 is 0 Å². The first-order chi connectivity index (χ1) is 9.04. The van der Waals surface area contributed by atoms with Crippen LogP contribution in [0.15, 0.2) is 12.5 Å². The smallest absolute Gasteiger partial charge is 0.0945 e. The monoisotopic (exact) mass is 266 g/mol. The number of nitrogens with zero attached hydrogens (tertiary/aromatic N) is 4. The third-order valence-electron chi connectivity index (χ3n) is 4.21. The summed E-state index contributed by atoms with van der Waals surface area (Å²) in [7, 11) is 6.20. The maximum absolute atomic E-state index is 9.72. The molecule has 1 saturated heterocycles. The zero-order valence-electron chi connectivity index (χ0n) is 12.3. The second kappa shape index (κ2) is 6.03. The molecule has 5 nitrogen and oxygen atoms in total. The molecule has 0 unspecified atom stereocenters. The molecule has 0 bridgehead atoms. The molecule has 0 spiro atoms. The summed E-state index contributed by atoms with van der Waals surface area (Å²) in [4.78, 5) is 8.81. The summed E-state index contributed by atoms with van der Waals surface area (Å²) in [5.74, 6) is 0. The molecule has 0 saturated carbocycles. The average molecular weight is 266 g/mol. The average Bonchev–Trinajstić information content (AvgIpc) is 2.77. The van der Waals surface area contributed by atoms with Crippen LogP contribution in [-0.2, 0) is 13.6 Å². The Balaban J connectivity index is 1.89. The van der Waals surface area contributed by atoms with Crippen LogP contribution in [0.25, 0.3) is 0 Å². The lowest BCUT2D eigenvalue weighted by Gasteiger charge is -2.42. The summed E-state index contributed by atoms with van der Waals surface area (Å²) in [6.45, 7) is 4.34. The van der Waals surface area contributed by atoms with Gasteiger partial charge in [-0.25, -0.2) is 4.98 Å². The summed E-state index contributed by atoms with van der Waals surface area (Å²) in [5.41, 5.74) is 1.34. The normalized spacial score (nSPS) is 20.1. The quantitative estimate of drug-likeness (QED) is 0.845. The topological polar surface area (TPSA) is 44.5 Å². The molecule has 0 aromatic carbocycles. The number of hydrogen-bond acceptors (Lipinski definition) is 4. The van der Waals surface area contributed by atoms with Crippen LogP contribution in [0.2, 0.25) is 0 Å². The number of aliphatic hydroxyl groups excluding tert-OH is 1. The minimum absolute atomic E-state index is 0.0897. The second-order valence-electron chi connectivity index (χ2n) is 6.17. The molecule has 5 heteroatoms. The second-order valence-corrected chi connectivity index (χ2v) is 6.17. The number of hydrogen-bond donors (Lipinski definition) is 1. The fraction of sp³-hybridized carbons (Fsp3) is 0.786. The van der Waals surface area contributed by atoms with Gasteiger partial charge in [0, 0.05) is 31.7 Å². The summed E-state index contributed by atoms with van der Waals surface area (Å²) in [5, 5.41) is 9.72. The Kier molecular flexibility index (Phi) is 4.60. The Morgan fingerprint density at radius 1 is 1.37 bits per heavy atom. The van der Waals surface area contributed by atoms with Gasteiger partial charge in [0.25, 0.3) is 0 Å². The molecule has 0 atom stereocenters. The van der Waals surface area contributed by atoms with Crippen LogP contribution in [-0.4, -0.2) is 64.8 Å². The number of aryl methyl sites for hydroxylation is 1. The fourth-order valence-electron chi connectivity index (χ4n) is 2.99. The number of imidazole rings is 1. The molecule has 0 aliphatic carbocycles. The van der Waals surface area contributed by atoms with Gasteiger partial charge in [-0.2, -0.15) is 0 Å². The molecule has 0 amide bonds. The zero-order chi connectivity index (χ0) is 13.9. The Bertz CT molecular complexity index is 394. The Labute approximate surface area is 115 Å². The van der Waals surface area contributed by atoms with E-state index in [0.29, 0.717) is 6.61 Å². The molecule has 1 aromatic heterocycles. The molecular weight excluding hydrogens is 240 g/mol. The standard InChI is InChI=1S/C14H26N4O/c1-16(2)10-14(11-19)4-6-18(7-5-14)9-13-8-15-12-17(13)3/h8,12,19H,4-7,9-11H2,1-3H3. The molecule has 19 heavy (non-hydrogen) atoms. The number of aromatic nitrogens is 2. The fourth-order valence-corrected chi connectivity index (χ4v) is 2.99. The first-order valence-corrected chi connectivity index (χ1v) is 6.98. The maximum atomic E-state index is 9.72. The zero-order valence-corrected chi connectivity index (χ0v) is 12.3. The van der Waals surface area contributed by atoms with E-state index in [1.54, 1.807) is 0 Å². The van der Waals surface area contributed by atoms with Gasteiger partial charge in [0.05, 0.1) is 18.6 Å². The van der Waals surface area contributed by atoms with Crippen molar-refractivity contribution in [1.29, 1.82) is 0 Å². The van der Waals surface area contributed by atoms with Crippen LogP contribution >= 0.6 is 0 Å². The van der Waals surface area contributed by atoms with E-state index < -0.39 is 0 Å². The summed E-state index contributed by atoms with van der Waals surface area (Å²) >= 11 is 0. The van der Waals surface area contributed by atoms with Crippen LogP contribution in [0.1, 0.15) is 18.5 Å². The molecule has 0 radical (unpaired) electrons. The number of aliphatic hydroxyl groups is 1. The van der Waals surface area contributed by atoms with Crippen molar-refractivity contribution in [2.24, 2.45) is 12.5 Å². The SMILES string of the molecule is CN(C)CC1(CO)CCN(Cc2cncn2C)CC1. The van der Waals surface area contributed by atoms with Crippen LogP contribution < -0.4 is 0 Å². The van der Waals surface area contributed by atoms with Gasteiger partial charge in [0.2, 0.25) is 0 Å². The summed E-state index contributed by atoms with van der Waals surface area (Å²) in [6.07, 6.45) is 5.93. The van der Waals surface area contributed by atoms with E-state index in [9.17, 15) is 5.11 Å². The van der Waals surface area contributed by atoms with Crippen LogP contribution in [0, 0.1) is 5.41 Å². The summed E-state index contributed by atoms with van der Waals surface area (Å²) in [6, 6.07) is 0. The highest BCUT2D eigenvalue weighted by Gasteiger charge is 2.34. The van der Waals surface area contributed by atoms with Crippen molar-refractivity contribution >= 4 is 0 Å². The predicted molar refractivity (Wildman–Crippen MR) is 75.8 cm³/mol. The van der Waals surface area contributed by atoms with Crippen molar-refractivity contribution in [2.75, 3.05) is 40.3 Å². The minimum atomic E-state index is 0.0897.